The Morgan fingerprint density at radius 1 is 0.810 bits per heavy atom. The molecule has 2 aromatic rings. The van der Waals surface area contributed by atoms with Gasteiger partial charge in [0.2, 0.25) is 0 Å². The Morgan fingerprint density at radius 2 is 1.24 bits per heavy atom. The summed E-state index contributed by atoms with van der Waals surface area (Å²) in [6, 6.07) is 11.3. The van der Waals surface area contributed by atoms with E-state index in [0.29, 0.717) is 0 Å². The van der Waals surface area contributed by atoms with Gasteiger partial charge in [-0.3, -0.25) is 0 Å². The smallest absolute Gasteiger partial charge is 0.872 e. The molecule has 0 fully saturated rings. The van der Waals surface area contributed by atoms with Crippen molar-refractivity contribution in [1.82, 2.24) is 0 Å². The summed E-state index contributed by atoms with van der Waals surface area (Å²) in [6.45, 7) is 0. The van der Waals surface area contributed by atoms with Crippen molar-refractivity contribution in [2.75, 3.05) is 0 Å². The van der Waals surface area contributed by atoms with Crippen LogP contribution < -0.4 is 5.11 Å². The van der Waals surface area contributed by atoms with Gasteiger partial charge in [0.15, 0.2) is 0 Å². The van der Waals surface area contributed by atoms with Gasteiger partial charge in [0.05, 0.1) is 5.56 Å². The van der Waals surface area contributed by atoms with Crippen LogP contribution in [-0.4, -0.2) is 27.3 Å². The van der Waals surface area contributed by atoms with Crippen molar-refractivity contribution in [3.05, 3.63) is 59.7 Å². The van der Waals surface area contributed by atoms with Crippen LogP contribution in [0.25, 0.3) is 0 Å². The summed E-state index contributed by atoms with van der Waals surface area (Å²) in [5, 5.41) is 36.4. The summed E-state index contributed by atoms with van der Waals surface area (Å²) in [4.78, 5) is 20.5. The number of aromatic carboxylic acids is 2. The van der Waals surface area contributed by atoms with Crippen LogP contribution in [0.1, 0.15) is 20.7 Å². The fourth-order valence-electron chi connectivity index (χ4n) is 1.30. The van der Waals surface area contributed by atoms with Gasteiger partial charge in [-0.1, -0.05) is 36.1 Å². The Labute approximate surface area is 135 Å². The number of phenols is 1. The Bertz CT molecular complexity index is 571. The van der Waals surface area contributed by atoms with Crippen LogP contribution in [0.3, 0.4) is 0 Å². The molecule has 0 saturated carbocycles. The van der Waals surface area contributed by atoms with Gasteiger partial charge in [-0.15, -0.1) is 0 Å². The van der Waals surface area contributed by atoms with E-state index in [4.69, 9.17) is 15.3 Å². The van der Waals surface area contributed by atoms with Crippen LogP contribution in [-0.2, 0) is 22.4 Å². The zero-order valence-electron chi connectivity index (χ0n) is 10.5. The van der Waals surface area contributed by atoms with E-state index in [0.717, 1.165) is 0 Å². The predicted molar refractivity (Wildman–Crippen MR) is 67.9 cm³/mol. The van der Waals surface area contributed by atoms with Crippen molar-refractivity contribution in [3.63, 3.8) is 0 Å². The first-order chi connectivity index (χ1) is 9.43. The third-order valence-electron chi connectivity index (χ3n) is 2.25. The Balaban J connectivity index is 0.000000364. The number of aromatic hydroxyl groups is 1. The molecular weight excluding hydrogens is 372 g/mol. The van der Waals surface area contributed by atoms with Crippen LogP contribution in [0.15, 0.2) is 48.5 Å². The molecule has 0 amide bonds. The first-order valence-corrected chi connectivity index (χ1v) is 5.44. The third kappa shape index (κ3) is 5.70. The maximum absolute atomic E-state index is 10.7. The normalized spacial score (nSPS) is 8.76. The molecule has 2 rings (SSSR count). The van der Waals surface area contributed by atoms with Gasteiger partial charge in [-0.25, -0.2) is 9.59 Å². The van der Waals surface area contributed by atoms with Crippen molar-refractivity contribution >= 4 is 11.9 Å². The molecule has 0 saturated heterocycles. The van der Waals surface area contributed by atoms with E-state index in [9.17, 15) is 14.7 Å². The van der Waals surface area contributed by atoms with Gasteiger partial charge < -0.3 is 20.4 Å². The number of carboxylic acids is 2. The first-order valence-electron chi connectivity index (χ1n) is 5.44. The van der Waals surface area contributed by atoms with Crippen molar-refractivity contribution in [1.29, 1.82) is 0 Å². The minimum Gasteiger partial charge on any atom is -0.872 e. The predicted octanol–water partition coefficient (Wildman–Crippen LogP) is 1.55. The molecule has 2 aromatic carbocycles. The fraction of sp³-hybridized carbons (Fsp3) is 0. The average molecular weight is 383 g/mol. The molecule has 0 unspecified atom stereocenters. The summed E-state index contributed by atoms with van der Waals surface area (Å²) in [7, 11) is 0. The molecule has 0 heterocycles. The van der Waals surface area contributed by atoms with Gasteiger partial charge in [0.25, 0.3) is 0 Å². The van der Waals surface area contributed by atoms with Crippen LogP contribution in [0.5, 0.6) is 11.5 Å². The molecule has 0 radical (unpaired) electrons. The maximum atomic E-state index is 10.7. The molecule has 0 aliphatic carbocycles. The topological polar surface area (TPSA) is 118 Å². The fourth-order valence-corrected chi connectivity index (χ4v) is 1.30. The first kappa shape index (κ1) is 18.7. The van der Waals surface area contributed by atoms with Crippen LogP contribution in [0.2, 0.25) is 0 Å². The van der Waals surface area contributed by atoms with Gasteiger partial charge in [-0.05, 0) is 18.2 Å². The van der Waals surface area contributed by atoms with E-state index in [1.54, 1.807) is 12.1 Å². The molecule has 21 heavy (non-hydrogen) atoms. The summed E-state index contributed by atoms with van der Waals surface area (Å²) >= 11 is 0. The van der Waals surface area contributed by atoms with Gasteiger partial charge in [0.1, 0.15) is 11.3 Å². The van der Waals surface area contributed by atoms with Gasteiger partial charge in [0, 0.05) is 0 Å². The van der Waals surface area contributed by atoms with E-state index >= 15 is 0 Å². The van der Waals surface area contributed by atoms with Crippen molar-refractivity contribution in [3.8, 4) is 11.5 Å². The zero-order chi connectivity index (χ0) is 15.1. The molecule has 0 spiro atoms. The number of hydrogen-bond donors (Lipinski definition) is 3. The molecule has 6 nitrogen and oxygen atoms in total. The van der Waals surface area contributed by atoms with Crippen molar-refractivity contribution in [2.24, 2.45) is 0 Å². The molecule has 0 aromatic heterocycles. The minimum atomic E-state index is -1.18. The Kier molecular flexibility index (Phi) is 7.85. The van der Waals surface area contributed by atoms with E-state index in [1.807, 2.05) is 0 Å². The van der Waals surface area contributed by atoms with E-state index in [-0.39, 0.29) is 39.3 Å². The third-order valence-corrected chi connectivity index (χ3v) is 2.25. The molecule has 0 aliphatic rings. The summed E-state index contributed by atoms with van der Waals surface area (Å²) in [6.07, 6.45) is 0. The number of rotatable bonds is 2. The SMILES string of the molecule is O=C(O)c1ccccc1O.O=C(O)c1ccccc1[O-].[Ag+]. The number of hydrogen-bond acceptors (Lipinski definition) is 4. The van der Waals surface area contributed by atoms with Crippen molar-refractivity contribution < 1.29 is 52.4 Å². The number of benzene rings is 2. The number of carboxylic acid groups (broad SMARTS) is 2. The molecular formula is C14H11AgO6. The van der Waals surface area contributed by atoms with Crippen molar-refractivity contribution in [2.45, 2.75) is 0 Å². The monoisotopic (exact) mass is 382 g/mol. The van der Waals surface area contributed by atoms with Crippen LogP contribution >= 0.6 is 0 Å². The van der Waals surface area contributed by atoms with Crippen LogP contribution in [0, 0.1) is 0 Å². The quantitative estimate of drug-likeness (QED) is 0.678. The van der Waals surface area contributed by atoms with E-state index in [2.05, 4.69) is 0 Å². The Hall–Kier alpha value is -2.28. The largest absolute Gasteiger partial charge is 1.00 e. The van der Waals surface area contributed by atoms with Crippen LogP contribution in [0.4, 0.5) is 0 Å². The molecule has 7 heteroatoms. The standard InChI is InChI=1S/2C7H6O3.Ag/c2*8-6-4-2-1-3-5(6)7(9)10;/h2*1-4,8H,(H,9,10);/q;;+1/p-1. The molecule has 0 aliphatic heterocycles. The average Bonchev–Trinajstić information content (AvgIpc) is 2.40. The van der Waals surface area contributed by atoms with Gasteiger partial charge in [-0.2, -0.15) is 0 Å². The van der Waals surface area contributed by atoms with E-state index in [1.165, 1.54) is 36.4 Å². The number of para-hydroxylation sites is 2. The maximum Gasteiger partial charge on any atom is 1.00 e. The summed E-state index contributed by atoms with van der Waals surface area (Å²) in [5.41, 5.74) is -0.245. The summed E-state index contributed by atoms with van der Waals surface area (Å²) < 4.78 is 0. The van der Waals surface area contributed by atoms with E-state index < -0.39 is 17.7 Å². The van der Waals surface area contributed by atoms with Gasteiger partial charge >= 0.3 is 34.3 Å². The second kappa shape index (κ2) is 8.80. The summed E-state index contributed by atoms with van der Waals surface area (Å²) in [5.74, 6) is -2.94. The zero-order valence-corrected chi connectivity index (χ0v) is 12.0. The molecule has 114 valence electrons. The molecule has 0 atom stereocenters. The minimum absolute atomic E-state index is 0. The second-order valence-electron chi connectivity index (χ2n) is 3.62. The molecule has 0 bridgehead atoms. The second-order valence-corrected chi connectivity index (χ2v) is 3.62. The molecule has 3 N–H and O–H groups in total. The Morgan fingerprint density at radius 3 is 1.57 bits per heavy atom. The number of carbonyl (C=O) groups is 2.